The monoisotopic (exact) mass is 413 g/mol. The molecule has 1 aromatic carbocycles. The Labute approximate surface area is 178 Å². The fraction of sp³-hybridized carbons (Fsp3) is 0.409. The molecule has 0 aliphatic carbocycles. The largest absolute Gasteiger partial charge is 0.388 e. The van der Waals surface area contributed by atoms with E-state index in [1.54, 1.807) is 0 Å². The first-order valence-electron chi connectivity index (χ1n) is 9.82. The van der Waals surface area contributed by atoms with E-state index in [9.17, 15) is 0 Å². The second-order valence-corrected chi connectivity index (χ2v) is 8.30. The molecule has 1 saturated heterocycles. The van der Waals surface area contributed by atoms with Crippen LogP contribution in [0.4, 0.5) is 11.5 Å². The summed E-state index contributed by atoms with van der Waals surface area (Å²) in [6.45, 7) is 8.33. The van der Waals surface area contributed by atoms with Gasteiger partial charge in [0.05, 0.1) is 11.9 Å². The number of carbonyl (C=O) groups excluding carboxylic acids is 1. The van der Waals surface area contributed by atoms with Gasteiger partial charge in [-0.25, -0.2) is 9.29 Å². The van der Waals surface area contributed by atoms with Crippen LogP contribution in [0.15, 0.2) is 54.2 Å². The average molecular weight is 414 g/mol. The van der Waals surface area contributed by atoms with Crippen LogP contribution < -0.4 is 10.2 Å². The molecule has 0 saturated carbocycles. The Balaban J connectivity index is 0.000000687. The summed E-state index contributed by atoms with van der Waals surface area (Å²) in [5, 5.41) is 3.16. The molecule has 2 heterocycles. The molecule has 1 unspecified atom stereocenters. The van der Waals surface area contributed by atoms with Crippen LogP contribution in [0.5, 0.6) is 0 Å². The lowest BCUT2D eigenvalue weighted by atomic mass is 9.98. The highest BCUT2D eigenvalue weighted by molar-refractivity contribution is 7.97. The van der Waals surface area contributed by atoms with Gasteiger partial charge in [0, 0.05) is 43.5 Å². The third-order valence-corrected chi connectivity index (χ3v) is 5.54. The van der Waals surface area contributed by atoms with Crippen LogP contribution >= 0.6 is 11.9 Å². The van der Waals surface area contributed by atoms with E-state index in [4.69, 9.17) is 4.79 Å². The number of nitrogens with one attached hydrogen (secondary N) is 1. The third kappa shape index (κ3) is 7.87. The predicted molar refractivity (Wildman–Crippen MR) is 122 cm³/mol. The van der Waals surface area contributed by atoms with Gasteiger partial charge in [-0.3, -0.25) is 9.78 Å². The number of rotatable bonds is 7. The molecule has 0 spiro atoms. The van der Waals surface area contributed by atoms with E-state index in [0.29, 0.717) is 12.2 Å². The fourth-order valence-electron chi connectivity index (χ4n) is 3.29. The number of aldehydes is 1. The van der Waals surface area contributed by atoms with Gasteiger partial charge in [-0.15, -0.1) is 0 Å². The van der Waals surface area contributed by atoms with Gasteiger partial charge < -0.3 is 10.2 Å². The number of nitrogens with zero attached hydrogens (tertiary/aromatic N) is 4. The maximum Gasteiger partial charge on any atom is 0.147 e. The van der Waals surface area contributed by atoms with Gasteiger partial charge in [-0.1, -0.05) is 6.58 Å². The van der Waals surface area contributed by atoms with Crippen molar-refractivity contribution in [3.8, 4) is 0 Å². The highest BCUT2D eigenvalue weighted by Gasteiger charge is 2.22. The van der Waals surface area contributed by atoms with E-state index in [0.717, 1.165) is 36.8 Å². The molecule has 1 aromatic heterocycles. The minimum absolute atomic E-state index is 0.639. The molecule has 7 heteroatoms. The van der Waals surface area contributed by atoms with E-state index >= 15 is 0 Å². The van der Waals surface area contributed by atoms with Gasteiger partial charge in [-0.2, -0.15) is 0 Å². The van der Waals surface area contributed by atoms with Crippen LogP contribution in [-0.2, 0) is 4.79 Å². The van der Waals surface area contributed by atoms with Crippen molar-refractivity contribution in [3.05, 3.63) is 55.0 Å². The van der Waals surface area contributed by atoms with Crippen molar-refractivity contribution in [2.45, 2.75) is 24.7 Å². The second-order valence-electron chi connectivity index (χ2n) is 7.02. The van der Waals surface area contributed by atoms with Crippen molar-refractivity contribution in [2.24, 2.45) is 5.92 Å². The number of hydrogen-bond donors (Lipinski definition) is 1. The molecule has 1 aliphatic heterocycles. The smallest absolute Gasteiger partial charge is 0.147 e. The molecule has 0 amide bonds. The lowest BCUT2D eigenvalue weighted by Gasteiger charge is -2.35. The van der Waals surface area contributed by atoms with Gasteiger partial charge in [0.15, 0.2) is 0 Å². The van der Waals surface area contributed by atoms with E-state index < -0.39 is 0 Å². The van der Waals surface area contributed by atoms with Crippen molar-refractivity contribution in [1.29, 1.82) is 0 Å². The van der Waals surface area contributed by atoms with Crippen LogP contribution in [0.2, 0.25) is 0 Å². The Morgan fingerprint density at radius 2 is 2.07 bits per heavy atom. The third-order valence-electron chi connectivity index (χ3n) is 4.60. The molecule has 1 N–H and O–H groups in total. The number of benzene rings is 1. The van der Waals surface area contributed by atoms with Crippen LogP contribution in [0.1, 0.15) is 18.5 Å². The SMILES string of the molecule is C=CC=O.CNc1ccc(SN(C)CC2CCCN(c3cncc(C)n3)C2)cc1. The molecule has 1 atom stereocenters. The molecular formula is C22H31N5OS. The maximum absolute atomic E-state index is 9.06. The first-order valence-corrected chi connectivity index (χ1v) is 10.6. The minimum Gasteiger partial charge on any atom is -0.388 e. The number of piperidine rings is 1. The molecule has 0 radical (unpaired) electrons. The second kappa shape index (κ2) is 12.2. The number of carbonyl (C=O) groups is 1. The number of aromatic nitrogens is 2. The topological polar surface area (TPSA) is 61.4 Å². The summed E-state index contributed by atoms with van der Waals surface area (Å²) < 4.78 is 2.35. The molecule has 1 aliphatic rings. The van der Waals surface area contributed by atoms with Crippen LogP contribution in [0.25, 0.3) is 0 Å². The first kappa shape index (κ1) is 22.9. The summed E-state index contributed by atoms with van der Waals surface area (Å²) in [5.74, 6) is 1.67. The van der Waals surface area contributed by atoms with Crippen molar-refractivity contribution >= 4 is 29.7 Å². The number of allylic oxidation sites excluding steroid dienone is 1. The van der Waals surface area contributed by atoms with Gasteiger partial charge in [-0.05, 0) is 75.0 Å². The zero-order chi connectivity index (χ0) is 21.1. The standard InChI is InChI=1S/C19H27N5S.C3H4O/c1-15-11-21-12-19(22-15)24-10-4-5-16(14-24)13-23(3)25-18-8-6-17(20-2)7-9-18;1-2-3-4/h6-9,11-12,16,20H,4-5,10,13-14H2,1-3H3;2-3H,1H2. The highest BCUT2D eigenvalue weighted by Crippen LogP contribution is 2.27. The van der Waals surface area contributed by atoms with Gasteiger partial charge in [0.1, 0.15) is 12.1 Å². The first-order chi connectivity index (χ1) is 14.0. The average Bonchev–Trinajstić information content (AvgIpc) is 2.74. The highest BCUT2D eigenvalue weighted by atomic mass is 32.2. The molecule has 0 bridgehead atoms. The molecule has 156 valence electrons. The Morgan fingerprint density at radius 3 is 2.69 bits per heavy atom. The van der Waals surface area contributed by atoms with Gasteiger partial charge in [0.25, 0.3) is 0 Å². The maximum atomic E-state index is 9.06. The molecular weight excluding hydrogens is 382 g/mol. The summed E-state index contributed by atoms with van der Waals surface area (Å²) in [6, 6.07) is 8.58. The van der Waals surface area contributed by atoms with Crippen LogP contribution in [0, 0.1) is 12.8 Å². The Morgan fingerprint density at radius 1 is 1.34 bits per heavy atom. The summed E-state index contributed by atoms with van der Waals surface area (Å²) in [4.78, 5) is 21.6. The summed E-state index contributed by atoms with van der Waals surface area (Å²) >= 11 is 1.81. The van der Waals surface area contributed by atoms with Gasteiger partial charge >= 0.3 is 0 Å². The summed E-state index contributed by atoms with van der Waals surface area (Å²) in [5.41, 5.74) is 2.13. The number of anilines is 2. The summed E-state index contributed by atoms with van der Waals surface area (Å²) in [7, 11) is 4.13. The van der Waals surface area contributed by atoms with Gasteiger partial charge in [0.2, 0.25) is 0 Å². The molecule has 6 nitrogen and oxygen atoms in total. The van der Waals surface area contributed by atoms with Crippen molar-refractivity contribution in [1.82, 2.24) is 14.3 Å². The minimum atomic E-state index is 0.639. The predicted octanol–water partition coefficient (Wildman–Crippen LogP) is 4.05. The van der Waals surface area contributed by atoms with Crippen LogP contribution in [-0.4, -0.2) is 54.3 Å². The Kier molecular flexibility index (Phi) is 9.67. The molecule has 29 heavy (non-hydrogen) atoms. The summed E-state index contributed by atoms with van der Waals surface area (Å²) in [6.07, 6.45) is 8.03. The number of aryl methyl sites for hydroxylation is 1. The van der Waals surface area contributed by atoms with Crippen LogP contribution in [0.3, 0.4) is 0 Å². The molecule has 2 aromatic rings. The van der Waals surface area contributed by atoms with E-state index in [1.807, 2.05) is 38.3 Å². The fourth-order valence-corrected chi connectivity index (χ4v) is 4.19. The Bertz CT molecular complexity index is 762. The van der Waals surface area contributed by atoms with E-state index in [-0.39, 0.29) is 0 Å². The van der Waals surface area contributed by atoms with E-state index in [2.05, 4.69) is 62.4 Å². The lowest BCUT2D eigenvalue weighted by Crippen LogP contribution is -2.39. The molecule has 1 fully saturated rings. The molecule has 3 rings (SSSR count). The van der Waals surface area contributed by atoms with Crippen molar-refractivity contribution in [3.63, 3.8) is 0 Å². The normalized spacial score (nSPS) is 16.0. The Hall–Kier alpha value is -2.38. The van der Waals surface area contributed by atoms with E-state index in [1.165, 1.54) is 23.8 Å². The number of hydrogen-bond acceptors (Lipinski definition) is 7. The van der Waals surface area contributed by atoms with Crippen molar-refractivity contribution in [2.75, 3.05) is 43.9 Å². The lowest BCUT2D eigenvalue weighted by molar-refractivity contribution is -0.104. The zero-order valence-electron chi connectivity index (χ0n) is 17.5. The zero-order valence-corrected chi connectivity index (χ0v) is 18.4. The van der Waals surface area contributed by atoms with Crippen molar-refractivity contribution < 1.29 is 4.79 Å². The quantitative estimate of drug-likeness (QED) is 0.417.